The lowest BCUT2D eigenvalue weighted by Crippen LogP contribution is -2.26. The van der Waals surface area contributed by atoms with E-state index in [0.29, 0.717) is 11.4 Å². The molecule has 0 amide bonds. The minimum atomic E-state index is -0.412. The van der Waals surface area contributed by atoms with Crippen LogP contribution >= 0.6 is 0 Å². The van der Waals surface area contributed by atoms with E-state index in [4.69, 9.17) is 4.74 Å². The summed E-state index contributed by atoms with van der Waals surface area (Å²) in [7, 11) is 1.52. The zero-order chi connectivity index (χ0) is 13.8. The van der Waals surface area contributed by atoms with Crippen molar-refractivity contribution < 1.29 is 14.8 Å². The van der Waals surface area contributed by atoms with Gasteiger partial charge in [0.1, 0.15) is 11.4 Å². The van der Waals surface area contributed by atoms with Gasteiger partial charge in [-0.15, -0.1) is 0 Å². The van der Waals surface area contributed by atoms with Crippen molar-refractivity contribution in [1.29, 1.82) is 0 Å². The minimum Gasteiger partial charge on any atom is -0.497 e. The van der Waals surface area contributed by atoms with Crippen LogP contribution in [0.1, 0.15) is 19.3 Å². The lowest BCUT2D eigenvalue weighted by molar-refractivity contribution is -0.384. The van der Waals surface area contributed by atoms with Crippen molar-refractivity contribution in [2.75, 3.05) is 19.0 Å². The highest BCUT2D eigenvalue weighted by atomic mass is 16.6. The van der Waals surface area contributed by atoms with E-state index in [-0.39, 0.29) is 24.3 Å². The summed E-state index contributed by atoms with van der Waals surface area (Å²) in [5, 5.41) is 23.5. The van der Waals surface area contributed by atoms with Crippen molar-refractivity contribution in [1.82, 2.24) is 0 Å². The van der Waals surface area contributed by atoms with Crippen LogP contribution in [-0.4, -0.2) is 29.8 Å². The molecule has 1 saturated carbocycles. The largest absolute Gasteiger partial charge is 0.497 e. The van der Waals surface area contributed by atoms with Gasteiger partial charge < -0.3 is 15.2 Å². The molecule has 0 radical (unpaired) electrons. The smallest absolute Gasteiger partial charge is 0.292 e. The SMILES string of the molecule is COc1ccc([N+](=O)[O-])c(NC2CCCC2CO)c1. The second-order valence-electron chi connectivity index (χ2n) is 4.76. The number of anilines is 1. The summed E-state index contributed by atoms with van der Waals surface area (Å²) in [6.45, 7) is 0.107. The number of aliphatic hydroxyl groups is 1. The molecule has 0 spiro atoms. The van der Waals surface area contributed by atoms with Gasteiger partial charge in [0.05, 0.1) is 12.0 Å². The van der Waals surface area contributed by atoms with Crippen LogP contribution in [0.4, 0.5) is 11.4 Å². The molecule has 1 aromatic carbocycles. The fraction of sp³-hybridized carbons (Fsp3) is 0.538. The average molecular weight is 266 g/mol. The van der Waals surface area contributed by atoms with Gasteiger partial charge in [0.25, 0.3) is 5.69 Å². The maximum Gasteiger partial charge on any atom is 0.292 e. The van der Waals surface area contributed by atoms with Crippen LogP contribution in [0.3, 0.4) is 0 Å². The van der Waals surface area contributed by atoms with E-state index in [1.54, 1.807) is 12.1 Å². The number of nitro benzene ring substituents is 1. The van der Waals surface area contributed by atoms with Crippen LogP contribution in [0.15, 0.2) is 18.2 Å². The summed E-state index contributed by atoms with van der Waals surface area (Å²) in [6, 6.07) is 4.71. The van der Waals surface area contributed by atoms with Crippen LogP contribution in [0.2, 0.25) is 0 Å². The fourth-order valence-corrected chi connectivity index (χ4v) is 2.56. The molecule has 1 aliphatic rings. The lowest BCUT2D eigenvalue weighted by atomic mass is 10.0. The third kappa shape index (κ3) is 2.96. The maximum atomic E-state index is 11.0. The van der Waals surface area contributed by atoms with E-state index in [2.05, 4.69) is 5.32 Å². The van der Waals surface area contributed by atoms with Gasteiger partial charge in [-0.1, -0.05) is 6.42 Å². The first kappa shape index (κ1) is 13.6. The van der Waals surface area contributed by atoms with E-state index in [9.17, 15) is 15.2 Å². The van der Waals surface area contributed by atoms with Crippen LogP contribution in [0.5, 0.6) is 5.75 Å². The van der Waals surface area contributed by atoms with E-state index in [1.807, 2.05) is 0 Å². The molecule has 6 nitrogen and oxygen atoms in total. The Morgan fingerprint density at radius 2 is 2.32 bits per heavy atom. The van der Waals surface area contributed by atoms with Crippen LogP contribution in [-0.2, 0) is 0 Å². The number of rotatable bonds is 5. The lowest BCUT2D eigenvalue weighted by Gasteiger charge is -2.20. The molecule has 2 rings (SSSR count). The van der Waals surface area contributed by atoms with Gasteiger partial charge >= 0.3 is 0 Å². The zero-order valence-corrected chi connectivity index (χ0v) is 10.8. The second kappa shape index (κ2) is 5.88. The van der Waals surface area contributed by atoms with Gasteiger partial charge in [-0.3, -0.25) is 10.1 Å². The van der Waals surface area contributed by atoms with Gasteiger partial charge in [-0.25, -0.2) is 0 Å². The van der Waals surface area contributed by atoms with Gasteiger partial charge in [0.15, 0.2) is 0 Å². The molecule has 6 heteroatoms. The van der Waals surface area contributed by atoms with Crippen LogP contribution in [0, 0.1) is 16.0 Å². The zero-order valence-electron chi connectivity index (χ0n) is 10.8. The number of ether oxygens (including phenoxy) is 1. The Morgan fingerprint density at radius 1 is 1.53 bits per heavy atom. The Hall–Kier alpha value is -1.82. The van der Waals surface area contributed by atoms with Crippen molar-refractivity contribution >= 4 is 11.4 Å². The van der Waals surface area contributed by atoms with Crippen LogP contribution in [0.25, 0.3) is 0 Å². The predicted molar refractivity (Wildman–Crippen MR) is 71.5 cm³/mol. The summed E-state index contributed by atoms with van der Waals surface area (Å²) in [5.74, 6) is 0.734. The number of methoxy groups -OCH3 is 1. The molecule has 2 N–H and O–H groups in total. The third-order valence-corrected chi connectivity index (χ3v) is 3.63. The number of nitrogens with zero attached hydrogens (tertiary/aromatic N) is 1. The number of benzene rings is 1. The molecule has 0 bridgehead atoms. The molecule has 1 fully saturated rings. The summed E-state index contributed by atoms with van der Waals surface area (Å²) in [5.41, 5.74) is 0.485. The molecule has 1 aliphatic carbocycles. The molecule has 0 saturated heterocycles. The summed E-state index contributed by atoms with van der Waals surface area (Å²) in [6.07, 6.45) is 2.90. The van der Waals surface area contributed by atoms with Crippen molar-refractivity contribution in [3.8, 4) is 5.75 Å². The van der Waals surface area contributed by atoms with Crippen molar-refractivity contribution in [3.63, 3.8) is 0 Å². The van der Waals surface area contributed by atoms with Gasteiger partial charge in [-0.2, -0.15) is 0 Å². The first-order valence-electron chi connectivity index (χ1n) is 6.35. The van der Waals surface area contributed by atoms with Gasteiger partial charge in [0, 0.05) is 30.7 Å². The third-order valence-electron chi connectivity index (χ3n) is 3.63. The monoisotopic (exact) mass is 266 g/mol. The molecule has 0 aliphatic heterocycles. The number of nitrogens with one attached hydrogen (secondary N) is 1. The highest BCUT2D eigenvalue weighted by molar-refractivity contribution is 5.64. The summed E-state index contributed by atoms with van der Waals surface area (Å²) >= 11 is 0. The van der Waals surface area contributed by atoms with Crippen LogP contribution < -0.4 is 10.1 Å². The van der Waals surface area contributed by atoms with E-state index in [0.717, 1.165) is 19.3 Å². The number of aliphatic hydroxyl groups excluding tert-OH is 1. The first-order valence-corrected chi connectivity index (χ1v) is 6.35. The van der Waals surface area contributed by atoms with Crippen molar-refractivity contribution in [2.24, 2.45) is 5.92 Å². The number of hydrogen-bond acceptors (Lipinski definition) is 5. The molecule has 0 aromatic heterocycles. The molecule has 104 valence electrons. The minimum absolute atomic E-state index is 0.0318. The van der Waals surface area contributed by atoms with Crippen molar-refractivity contribution in [2.45, 2.75) is 25.3 Å². The molecule has 2 atom stereocenters. The molecular formula is C13H18N2O4. The Bertz CT molecular complexity index is 464. The topological polar surface area (TPSA) is 84.6 Å². The summed E-state index contributed by atoms with van der Waals surface area (Å²) < 4.78 is 5.10. The summed E-state index contributed by atoms with van der Waals surface area (Å²) in [4.78, 5) is 10.6. The quantitative estimate of drug-likeness (QED) is 0.630. The normalized spacial score (nSPS) is 22.2. The maximum absolute atomic E-state index is 11.0. The fourth-order valence-electron chi connectivity index (χ4n) is 2.56. The van der Waals surface area contributed by atoms with E-state index < -0.39 is 4.92 Å². The average Bonchev–Trinajstić information content (AvgIpc) is 2.85. The van der Waals surface area contributed by atoms with Gasteiger partial charge in [0.2, 0.25) is 0 Å². The Kier molecular flexibility index (Phi) is 4.21. The highest BCUT2D eigenvalue weighted by Gasteiger charge is 2.28. The predicted octanol–water partition coefficient (Wildman–Crippen LogP) is 2.18. The second-order valence-corrected chi connectivity index (χ2v) is 4.76. The number of nitro groups is 1. The molecule has 1 aromatic rings. The molecular weight excluding hydrogens is 248 g/mol. The molecule has 2 unspecified atom stereocenters. The van der Waals surface area contributed by atoms with Gasteiger partial charge in [-0.05, 0) is 18.9 Å². The Balaban J connectivity index is 2.24. The Labute approximate surface area is 111 Å². The highest BCUT2D eigenvalue weighted by Crippen LogP contribution is 2.34. The Morgan fingerprint density at radius 3 is 2.95 bits per heavy atom. The molecule has 19 heavy (non-hydrogen) atoms. The first-order chi connectivity index (χ1) is 9.15. The standard InChI is InChI=1S/C13H18N2O4/c1-19-10-5-6-13(15(17)18)12(7-10)14-11-4-2-3-9(11)8-16/h5-7,9,11,14,16H,2-4,8H2,1H3. The number of hydrogen-bond donors (Lipinski definition) is 2. The molecule has 0 heterocycles. The van der Waals surface area contributed by atoms with E-state index >= 15 is 0 Å². The van der Waals surface area contributed by atoms with E-state index in [1.165, 1.54) is 13.2 Å². The van der Waals surface area contributed by atoms with Crippen molar-refractivity contribution in [3.05, 3.63) is 28.3 Å².